The van der Waals surface area contributed by atoms with Crippen molar-refractivity contribution in [3.8, 4) is 5.75 Å². The highest BCUT2D eigenvalue weighted by molar-refractivity contribution is 7.44. The number of nitrogens with two attached hydrogens (primary N) is 2. The molecule has 0 aliphatic rings. The minimum absolute atomic E-state index is 0.120. The molecule has 0 saturated carbocycles. The second-order valence-corrected chi connectivity index (χ2v) is 14.8. The fourth-order valence-corrected chi connectivity index (χ4v) is 5.60. The van der Waals surface area contributed by atoms with Gasteiger partial charge in [-0.3, -0.25) is 14.2 Å². The summed E-state index contributed by atoms with van der Waals surface area (Å²) in [6, 6.07) is 4.54. The molecule has 0 saturated heterocycles. The Morgan fingerprint density at radius 3 is 1.90 bits per heavy atom. The molecule has 0 heterocycles. The van der Waals surface area contributed by atoms with Crippen LogP contribution in [0.15, 0.2) is 18.2 Å². The average molecular weight is 702 g/mol. The van der Waals surface area contributed by atoms with Gasteiger partial charge in [-0.15, -0.1) is 0 Å². The van der Waals surface area contributed by atoms with Gasteiger partial charge in [-0.1, -0.05) is 84.0 Å². The number of carbonyl (C=O) groups excluding carboxylic acids is 2. The normalized spacial score (nSPS) is 14.2. The maximum atomic E-state index is 12.8. The summed E-state index contributed by atoms with van der Waals surface area (Å²) < 4.78 is 33.1. The summed E-state index contributed by atoms with van der Waals surface area (Å²) in [5.74, 6) is -0.247. The summed E-state index contributed by atoms with van der Waals surface area (Å²) in [5.41, 5.74) is 12.4. The summed E-state index contributed by atoms with van der Waals surface area (Å²) in [4.78, 5) is 45.7. The van der Waals surface area contributed by atoms with E-state index < -0.39 is 25.9 Å². The predicted octanol–water partition coefficient (Wildman–Crippen LogP) is 6.28. The zero-order chi connectivity index (χ0) is 35.8. The molecule has 0 aliphatic heterocycles. The quantitative estimate of drug-likeness (QED) is 0.0281. The first-order valence-electron chi connectivity index (χ1n) is 17.8. The molecule has 3 unspecified atom stereocenters. The van der Waals surface area contributed by atoms with Crippen LogP contribution < -0.4 is 21.1 Å². The van der Waals surface area contributed by atoms with Crippen molar-refractivity contribution < 1.29 is 47.2 Å². The van der Waals surface area contributed by atoms with Crippen LogP contribution in [0.2, 0.25) is 0 Å². The van der Waals surface area contributed by atoms with E-state index in [1.165, 1.54) is 64.2 Å². The van der Waals surface area contributed by atoms with Gasteiger partial charge in [-0.25, -0.2) is 0 Å². The summed E-state index contributed by atoms with van der Waals surface area (Å²) in [6.07, 6.45) is 16.6. The molecule has 12 nitrogen and oxygen atoms in total. The number of hydrogen-bond acceptors (Lipinski definition) is 10. The van der Waals surface area contributed by atoms with Gasteiger partial charge in [-0.2, -0.15) is 0 Å². The number of anilines is 2. The van der Waals surface area contributed by atoms with E-state index in [4.69, 9.17) is 30.6 Å². The Balaban J connectivity index is 2.49. The lowest BCUT2D eigenvalue weighted by atomic mass is 10.0. The predicted molar refractivity (Wildman–Crippen MR) is 188 cm³/mol. The fourth-order valence-electron chi connectivity index (χ4n) is 5.24. The van der Waals surface area contributed by atoms with Crippen molar-refractivity contribution in [3.63, 3.8) is 0 Å². The molecule has 3 atom stereocenters. The summed E-state index contributed by atoms with van der Waals surface area (Å²) in [6.45, 7) is 2.13. The number of hydrogen-bond donors (Lipinski definition) is 3. The number of carbonyl (C=O) groups is 2. The number of nitrogen functional groups attached to an aromatic ring is 2. The van der Waals surface area contributed by atoms with E-state index in [2.05, 4.69) is 11.4 Å². The Bertz CT molecular complexity index is 1080. The minimum atomic E-state index is -4.95. The average Bonchev–Trinajstić information content (AvgIpc) is 3.00. The molecule has 1 aromatic rings. The SMILES string of the molecule is CCCCCCCCCCCCCCCC(=O)OCC(CC(COP(=O)([O-])O)[N+](C)(C)C)OC(=O)CCCCOc1ccc(N)c(N)c1. The van der Waals surface area contributed by atoms with Crippen molar-refractivity contribution in [1.82, 2.24) is 0 Å². The summed E-state index contributed by atoms with van der Waals surface area (Å²) in [7, 11) is 0.534. The maximum Gasteiger partial charge on any atom is 0.306 e. The third kappa shape index (κ3) is 23.1. The summed E-state index contributed by atoms with van der Waals surface area (Å²) >= 11 is 0. The second-order valence-electron chi connectivity index (χ2n) is 13.7. The van der Waals surface area contributed by atoms with Crippen LogP contribution >= 0.6 is 7.82 Å². The van der Waals surface area contributed by atoms with E-state index in [9.17, 15) is 19.0 Å². The van der Waals surface area contributed by atoms with Crippen LogP contribution in [0.1, 0.15) is 122 Å². The van der Waals surface area contributed by atoms with Gasteiger partial charge in [0.25, 0.3) is 7.82 Å². The van der Waals surface area contributed by atoms with E-state index in [0.29, 0.717) is 36.6 Å². The fraction of sp³-hybridized carbons (Fsp3) is 0.771. The number of rotatable bonds is 29. The molecule has 0 amide bonds. The van der Waals surface area contributed by atoms with Crippen molar-refractivity contribution in [2.45, 2.75) is 135 Å². The van der Waals surface area contributed by atoms with Gasteiger partial charge in [-0.05, 0) is 31.4 Å². The Kier molecular flexibility index (Phi) is 22.5. The van der Waals surface area contributed by atoms with Crippen LogP contribution in [0.5, 0.6) is 5.75 Å². The van der Waals surface area contributed by atoms with Gasteiger partial charge >= 0.3 is 11.9 Å². The van der Waals surface area contributed by atoms with Gasteiger partial charge in [0, 0.05) is 25.3 Å². The molecule has 13 heteroatoms. The van der Waals surface area contributed by atoms with Crippen molar-refractivity contribution in [1.29, 1.82) is 0 Å². The zero-order valence-corrected chi connectivity index (χ0v) is 30.9. The number of likely N-dealkylation sites (N-methyl/N-ethyl adjacent to an activating group) is 1. The van der Waals surface area contributed by atoms with Crippen molar-refractivity contribution in [2.24, 2.45) is 0 Å². The lowest BCUT2D eigenvalue weighted by molar-refractivity contribution is -0.897. The van der Waals surface area contributed by atoms with Crippen LogP contribution in [0.25, 0.3) is 0 Å². The van der Waals surface area contributed by atoms with Crippen LogP contribution in [-0.2, 0) is 28.2 Å². The molecular weight excluding hydrogens is 637 g/mol. The largest absolute Gasteiger partial charge is 0.756 e. The number of unbranched alkanes of at least 4 members (excludes halogenated alkanes) is 13. The molecule has 1 rings (SSSR count). The van der Waals surface area contributed by atoms with Crippen LogP contribution in [0.3, 0.4) is 0 Å². The Labute approximate surface area is 289 Å². The standard InChI is InChI=1S/C35H64N3O9P/c1-5-6-7-8-9-10-11-12-13-14-15-16-17-20-34(39)45-28-31(25-29(38(2,3)4)27-46-48(41,42)43)47-35(40)21-18-19-24-44-30-22-23-32(36)33(37)26-30/h22-23,26,29,31H,5-21,24-25,27-28,36-37H2,1-4H3,(H-,41,42,43). The number of phosphoric acid groups is 1. The van der Waals surface area contributed by atoms with E-state index in [0.717, 1.165) is 19.3 Å². The van der Waals surface area contributed by atoms with Crippen molar-refractivity contribution in [2.75, 3.05) is 52.4 Å². The number of nitrogens with zero attached hydrogens (tertiary/aromatic N) is 1. The monoisotopic (exact) mass is 701 g/mol. The number of ether oxygens (including phenoxy) is 3. The lowest BCUT2D eigenvalue weighted by Gasteiger charge is -2.36. The maximum absolute atomic E-state index is 12.8. The van der Waals surface area contributed by atoms with Gasteiger partial charge < -0.3 is 44.5 Å². The first kappa shape index (κ1) is 43.7. The highest BCUT2D eigenvalue weighted by Gasteiger charge is 2.31. The molecule has 278 valence electrons. The number of phosphoric ester groups is 1. The van der Waals surface area contributed by atoms with E-state index in [1.54, 1.807) is 18.2 Å². The molecule has 5 N–H and O–H groups in total. The van der Waals surface area contributed by atoms with E-state index in [1.807, 2.05) is 21.1 Å². The number of benzene rings is 1. The van der Waals surface area contributed by atoms with Crippen LogP contribution in [-0.4, -0.2) is 74.4 Å². The molecule has 0 bridgehead atoms. The number of esters is 2. The second kappa shape index (κ2) is 24.7. The molecule has 0 fully saturated rings. The lowest BCUT2D eigenvalue weighted by Crippen LogP contribution is -2.50. The third-order valence-corrected chi connectivity index (χ3v) is 8.85. The van der Waals surface area contributed by atoms with E-state index in [-0.39, 0.29) is 42.9 Å². The molecule has 48 heavy (non-hydrogen) atoms. The van der Waals surface area contributed by atoms with Crippen molar-refractivity contribution >= 4 is 31.1 Å². The van der Waals surface area contributed by atoms with Gasteiger partial charge in [0.1, 0.15) is 31.1 Å². The Hall–Kier alpha value is -2.37. The van der Waals surface area contributed by atoms with Crippen molar-refractivity contribution in [3.05, 3.63) is 18.2 Å². The molecule has 0 radical (unpaired) electrons. The molecule has 0 spiro atoms. The van der Waals surface area contributed by atoms with E-state index >= 15 is 0 Å². The van der Waals surface area contributed by atoms with Crippen LogP contribution in [0, 0.1) is 0 Å². The van der Waals surface area contributed by atoms with Crippen LogP contribution in [0.4, 0.5) is 11.4 Å². The minimum Gasteiger partial charge on any atom is -0.756 e. The number of quaternary nitrogens is 1. The Morgan fingerprint density at radius 1 is 0.812 bits per heavy atom. The highest BCUT2D eigenvalue weighted by Crippen LogP contribution is 2.32. The van der Waals surface area contributed by atoms with Gasteiger partial charge in [0.2, 0.25) is 0 Å². The van der Waals surface area contributed by atoms with Gasteiger partial charge in [0.05, 0.1) is 39.1 Å². The summed E-state index contributed by atoms with van der Waals surface area (Å²) in [5, 5.41) is 0. The Morgan fingerprint density at radius 2 is 1.35 bits per heavy atom. The zero-order valence-electron chi connectivity index (χ0n) is 30.0. The molecule has 0 aromatic heterocycles. The molecule has 1 aromatic carbocycles. The highest BCUT2D eigenvalue weighted by atomic mass is 31.2. The first-order chi connectivity index (χ1) is 22.7. The molecule has 0 aliphatic carbocycles. The first-order valence-corrected chi connectivity index (χ1v) is 19.3. The topological polar surface area (TPSA) is 183 Å². The van der Waals surface area contributed by atoms with Gasteiger partial charge in [0.15, 0.2) is 0 Å². The third-order valence-electron chi connectivity index (χ3n) is 8.38. The smallest absolute Gasteiger partial charge is 0.306 e. The molecular formula is C35H64N3O9P.